The SMILES string of the molecule is CCC(N)(CO)CCCOc1cccc(F)c1. The first-order chi connectivity index (χ1) is 8.09. The molecule has 0 saturated heterocycles. The Morgan fingerprint density at radius 2 is 2.24 bits per heavy atom. The standard InChI is InChI=1S/C13H20FNO2/c1-2-13(15,10-16)7-4-8-17-12-6-3-5-11(14)9-12/h3,5-6,9,16H,2,4,7-8,10,15H2,1H3. The Balaban J connectivity index is 2.29. The maximum absolute atomic E-state index is 12.8. The molecule has 0 saturated carbocycles. The molecule has 0 aliphatic rings. The summed E-state index contributed by atoms with van der Waals surface area (Å²) in [6.45, 7) is 2.40. The zero-order valence-electron chi connectivity index (χ0n) is 10.2. The minimum absolute atomic E-state index is 0.0243. The van der Waals surface area contributed by atoms with Crippen molar-refractivity contribution >= 4 is 0 Å². The summed E-state index contributed by atoms with van der Waals surface area (Å²) >= 11 is 0. The van der Waals surface area contributed by atoms with E-state index in [9.17, 15) is 4.39 Å². The highest BCUT2D eigenvalue weighted by Gasteiger charge is 2.20. The monoisotopic (exact) mass is 241 g/mol. The smallest absolute Gasteiger partial charge is 0.126 e. The van der Waals surface area contributed by atoms with Crippen molar-refractivity contribution in [2.45, 2.75) is 31.7 Å². The molecule has 1 unspecified atom stereocenters. The lowest BCUT2D eigenvalue weighted by atomic mass is 9.93. The zero-order chi connectivity index (χ0) is 12.7. The van der Waals surface area contributed by atoms with Gasteiger partial charge in [-0.15, -0.1) is 0 Å². The first kappa shape index (κ1) is 13.9. The van der Waals surface area contributed by atoms with Crippen molar-refractivity contribution < 1.29 is 14.2 Å². The predicted octanol–water partition coefficient (Wildman–Crippen LogP) is 2.08. The molecule has 0 aliphatic heterocycles. The van der Waals surface area contributed by atoms with Crippen molar-refractivity contribution in [2.75, 3.05) is 13.2 Å². The largest absolute Gasteiger partial charge is 0.493 e. The van der Waals surface area contributed by atoms with Gasteiger partial charge in [0.2, 0.25) is 0 Å². The molecule has 96 valence electrons. The molecule has 17 heavy (non-hydrogen) atoms. The molecule has 3 N–H and O–H groups in total. The molecule has 4 heteroatoms. The lowest BCUT2D eigenvalue weighted by molar-refractivity contribution is 0.171. The van der Waals surface area contributed by atoms with Gasteiger partial charge in [0.15, 0.2) is 0 Å². The Kier molecular flexibility index (Phi) is 5.38. The molecule has 0 amide bonds. The number of nitrogens with two attached hydrogens (primary N) is 1. The van der Waals surface area contributed by atoms with Crippen LogP contribution in [-0.4, -0.2) is 23.9 Å². The highest BCUT2D eigenvalue weighted by molar-refractivity contribution is 5.22. The lowest BCUT2D eigenvalue weighted by Crippen LogP contribution is -2.43. The fraction of sp³-hybridized carbons (Fsp3) is 0.538. The van der Waals surface area contributed by atoms with Gasteiger partial charge < -0.3 is 15.6 Å². The molecule has 0 spiro atoms. The zero-order valence-corrected chi connectivity index (χ0v) is 10.2. The number of aliphatic hydroxyl groups is 1. The number of rotatable bonds is 7. The second kappa shape index (κ2) is 6.57. The van der Waals surface area contributed by atoms with Crippen LogP contribution in [0.5, 0.6) is 5.75 Å². The third kappa shape index (κ3) is 4.71. The highest BCUT2D eigenvalue weighted by atomic mass is 19.1. The molecule has 3 nitrogen and oxygen atoms in total. The van der Waals surface area contributed by atoms with Crippen LogP contribution < -0.4 is 10.5 Å². The van der Waals surface area contributed by atoms with E-state index in [1.54, 1.807) is 12.1 Å². The van der Waals surface area contributed by atoms with E-state index in [2.05, 4.69) is 0 Å². The van der Waals surface area contributed by atoms with Gasteiger partial charge in [-0.3, -0.25) is 0 Å². The van der Waals surface area contributed by atoms with Gasteiger partial charge >= 0.3 is 0 Å². The molecular formula is C13H20FNO2. The van der Waals surface area contributed by atoms with E-state index >= 15 is 0 Å². The molecule has 0 bridgehead atoms. The van der Waals surface area contributed by atoms with Gasteiger partial charge in [-0.25, -0.2) is 4.39 Å². The van der Waals surface area contributed by atoms with Crippen molar-refractivity contribution in [3.63, 3.8) is 0 Å². The van der Waals surface area contributed by atoms with E-state index < -0.39 is 5.54 Å². The molecular weight excluding hydrogens is 221 g/mol. The topological polar surface area (TPSA) is 55.5 Å². The Labute approximate surface area is 101 Å². The van der Waals surface area contributed by atoms with Gasteiger partial charge in [-0.2, -0.15) is 0 Å². The second-order valence-electron chi connectivity index (χ2n) is 4.28. The van der Waals surface area contributed by atoms with Gasteiger partial charge in [-0.05, 0) is 31.4 Å². The van der Waals surface area contributed by atoms with Crippen molar-refractivity contribution in [3.05, 3.63) is 30.1 Å². The number of hydrogen-bond donors (Lipinski definition) is 2. The van der Waals surface area contributed by atoms with Crippen molar-refractivity contribution in [2.24, 2.45) is 5.73 Å². The van der Waals surface area contributed by atoms with Crippen molar-refractivity contribution in [1.29, 1.82) is 0 Å². The molecule has 0 heterocycles. The third-order valence-electron chi connectivity index (χ3n) is 2.90. The van der Waals surface area contributed by atoms with Crippen molar-refractivity contribution in [1.82, 2.24) is 0 Å². The van der Waals surface area contributed by atoms with Gasteiger partial charge in [0, 0.05) is 11.6 Å². The summed E-state index contributed by atoms with van der Waals surface area (Å²) in [5.41, 5.74) is 5.41. The number of halogens is 1. The average Bonchev–Trinajstić information content (AvgIpc) is 2.34. The van der Waals surface area contributed by atoms with E-state index in [0.717, 1.165) is 12.8 Å². The van der Waals surface area contributed by atoms with Crippen LogP contribution in [-0.2, 0) is 0 Å². The molecule has 0 aromatic heterocycles. The minimum atomic E-state index is -0.523. The molecule has 1 rings (SSSR count). The van der Waals surface area contributed by atoms with E-state index in [-0.39, 0.29) is 12.4 Å². The summed E-state index contributed by atoms with van der Waals surface area (Å²) in [5.74, 6) is 0.215. The van der Waals surface area contributed by atoms with Gasteiger partial charge in [0.05, 0.1) is 13.2 Å². The molecule has 0 radical (unpaired) electrons. The van der Waals surface area contributed by atoms with E-state index in [0.29, 0.717) is 18.8 Å². The average molecular weight is 241 g/mol. The van der Waals surface area contributed by atoms with E-state index in [1.165, 1.54) is 12.1 Å². The summed E-state index contributed by atoms with van der Waals surface area (Å²) in [7, 11) is 0. The molecule has 1 atom stereocenters. The van der Waals surface area contributed by atoms with Crippen LogP contribution >= 0.6 is 0 Å². The Morgan fingerprint density at radius 3 is 2.82 bits per heavy atom. The summed E-state index contributed by atoms with van der Waals surface area (Å²) in [4.78, 5) is 0. The summed E-state index contributed by atoms with van der Waals surface area (Å²) in [5, 5.41) is 9.12. The quantitative estimate of drug-likeness (QED) is 0.719. The number of aliphatic hydroxyl groups excluding tert-OH is 1. The predicted molar refractivity (Wildman–Crippen MR) is 65.4 cm³/mol. The van der Waals surface area contributed by atoms with E-state index in [4.69, 9.17) is 15.6 Å². The molecule has 1 aromatic carbocycles. The third-order valence-corrected chi connectivity index (χ3v) is 2.90. The van der Waals surface area contributed by atoms with Crippen LogP contribution in [0, 0.1) is 5.82 Å². The molecule has 1 aromatic rings. The Hall–Kier alpha value is -1.13. The maximum atomic E-state index is 12.8. The van der Waals surface area contributed by atoms with Crippen LogP contribution in [0.2, 0.25) is 0 Å². The summed E-state index contributed by atoms with van der Waals surface area (Å²) < 4.78 is 18.2. The van der Waals surface area contributed by atoms with Crippen LogP contribution in [0.25, 0.3) is 0 Å². The van der Waals surface area contributed by atoms with Crippen LogP contribution in [0.1, 0.15) is 26.2 Å². The first-order valence-electron chi connectivity index (χ1n) is 5.88. The summed E-state index contributed by atoms with van der Waals surface area (Å²) in [6.07, 6.45) is 2.15. The van der Waals surface area contributed by atoms with Crippen LogP contribution in [0.4, 0.5) is 4.39 Å². The second-order valence-corrected chi connectivity index (χ2v) is 4.28. The van der Waals surface area contributed by atoms with Gasteiger partial charge in [0.1, 0.15) is 11.6 Å². The molecule has 0 aliphatic carbocycles. The lowest BCUT2D eigenvalue weighted by Gasteiger charge is -2.25. The van der Waals surface area contributed by atoms with Crippen LogP contribution in [0.3, 0.4) is 0 Å². The maximum Gasteiger partial charge on any atom is 0.126 e. The van der Waals surface area contributed by atoms with E-state index in [1.807, 2.05) is 6.92 Å². The van der Waals surface area contributed by atoms with Crippen LogP contribution in [0.15, 0.2) is 24.3 Å². The summed E-state index contributed by atoms with van der Waals surface area (Å²) in [6, 6.07) is 6.05. The number of hydrogen-bond acceptors (Lipinski definition) is 3. The number of benzene rings is 1. The van der Waals surface area contributed by atoms with Gasteiger partial charge in [0.25, 0.3) is 0 Å². The fourth-order valence-corrected chi connectivity index (χ4v) is 1.54. The number of ether oxygens (including phenoxy) is 1. The molecule has 0 fully saturated rings. The highest BCUT2D eigenvalue weighted by Crippen LogP contribution is 2.15. The minimum Gasteiger partial charge on any atom is -0.493 e. The van der Waals surface area contributed by atoms with Gasteiger partial charge in [-0.1, -0.05) is 13.0 Å². The Morgan fingerprint density at radius 1 is 1.47 bits per heavy atom. The first-order valence-corrected chi connectivity index (χ1v) is 5.88. The fourth-order valence-electron chi connectivity index (χ4n) is 1.54. The normalized spacial score (nSPS) is 14.4. The Bertz CT molecular complexity index is 340. The van der Waals surface area contributed by atoms with Crippen molar-refractivity contribution in [3.8, 4) is 5.75 Å².